The van der Waals surface area contributed by atoms with Gasteiger partial charge in [0.1, 0.15) is 23.7 Å². The first-order chi connectivity index (χ1) is 9.78. The molecular formula is C15H20N4O. The van der Waals surface area contributed by atoms with Crippen LogP contribution < -0.4 is 15.4 Å². The molecule has 0 saturated carbocycles. The van der Waals surface area contributed by atoms with Crippen LogP contribution in [0.5, 0.6) is 5.75 Å². The molecule has 2 rings (SSSR count). The number of ether oxygens (including phenoxy) is 1. The van der Waals surface area contributed by atoms with Crippen molar-refractivity contribution >= 4 is 17.3 Å². The first-order valence-electron chi connectivity index (χ1n) is 6.71. The van der Waals surface area contributed by atoms with E-state index in [1.54, 1.807) is 13.4 Å². The predicted molar refractivity (Wildman–Crippen MR) is 81.9 cm³/mol. The standard InChI is InChI=1S/C15H20N4O/c1-4-6-13-14(16-2)17-10-18-15(13)19-11-7-5-8-12(9-11)20-3/h5,7-10H,4,6H2,1-3H3,(H2,16,17,18,19). The van der Waals surface area contributed by atoms with Crippen molar-refractivity contribution < 1.29 is 4.74 Å². The fraction of sp³-hybridized carbons (Fsp3) is 0.333. The van der Waals surface area contributed by atoms with Crippen LogP contribution in [0.3, 0.4) is 0 Å². The molecule has 5 nitrogen and oxygen atoms in total. The van der Waals surface area contributed by atoms with Crippen molar-refractivity contribution in [2.45, 2.75) is 19.8 Å². The first-order valence-corrected chi connectivity index (χ1v) is 6.71. The Morgan fingerprint density at radius 3 is 2.70 bits per heavy atom. The maximum atomic E-state index is 5.23. The molecular weight excluding hydrogens is 252 g/mol. The first kappa shape index (κ1) is 14.1. The van der Waals surface area contributed by atoms with Crippen molar-refractivity contribution in [1.29, 1.82) is 0 Å². The maximum absolute atomic E-state index is 5.23. The minimum Gasteiger partial charge on any atom is -0.497 e. The zero-order chi connectivity index (χ0) is 14.4. The molecule has 0 aliphatic carbocycles. The summed E-state index contributed by atoms with van der Waals surface area (Å²) in [4.78, 5) is 8.62. The predicted octanol–water partition coefficient (Wildman–Crippen LogP) is 3.22. The van der Waals surface area contributed by atoms with Gasteiger partial charge in [-0.05, 0) is 18.6 Å². The molecule has 0 atom stereocenters. The Balaban J connectivity index is 2.32. The summed E-state index contributed by atoms with van der Waals surface area (Å²) < 4.78 is 5.23. The lowest BCUT2D eigenvalue weighted by molar-refractivity contribution is 0.415. The third kappa shape index (κ3) is 3.17. The van der Waals surface area contributed by atoms with Crippen LogP contribution in [0.2, 0.25) is 0 Å². The Hall–Kier alpha value is -2.30. The average molecular weight is 272 g/mol. The summed E-state index contributed by atoms with van der Waals surface area (Å²) >= 11 is 0. The molecule has 0 amide bonds. The summed E-state index contributed by atoms with van der Waals surface area (Å²) in [6.07, 6.45) is 3.52. The van der Waals surface area contributed by atoms with Crippen molar-refractivity contribution in [3.63, 3.8) is 0 Å². The van der Waals surface area contributed by atoms with Gasteiger partial charge in [0, 0.05) is 24.4 Å². The second kappa shape index (κ2) is 6.75. The van der Waals surface area contributed by atoms with Crippen molar-refractivity contribution in [2.24, 2.45) is 0 Å². The van der Waals surface area contributed by atoms with Gasteiger partial charge < -0.3 is 15.4 Å². The molecule has 0 bridgehead atoms. The van der Waals surface area contributed by atoms with Gasteiger partial charge in [-0.25, -0.2) is 9.97 Å². The molecule has 0 spiro atoms. The van der Waals surface area contributed by atoms with E-state index in [1.165, 1.54) is 0 Å². The Kier molecular flexibility index (Phi) is 4.76. The summed E-state index contributed by atoms with van der Waals surface area (Å²) in [5.41, 5.74) is 2.04. The van der Waals surface area contributed by atoms with Gasteiger partial charge in [-0.3, -0.25) is 0 Å². The van der Waals surface area contributed by atoms with Crippen LogP contribution in [0.25, 0.3) is 0 Å². The monoisotopic (exact) mass is 272 g/mol. The second-order valence-corrected chi connectivity index (χ2v) is 4.41. The molecule has 0 aliphatic rings. The fourth-order valence-electron chi connectivity index (χ4n) is 2.06. The molecule has 1 aromatic carbocycles. The Morgan fingerprint density at radius 1 is 1.20 bits per heavy atom. The van der Waals surface area contributed by atoms with Crippen LogP contribution in [-0.4, -0.2) is 24.1 Å². The van der Waals surface area contributed by atoms with E-state index in [-0.39, 0.29) is 0 Å². The third-order valence-corrected chi connectivity index (χ3v) is 3.01. The summed E-state index contributed by atoms with van der Waals surface area (Å²) in [6.45, 7) is 2.14. The van der Waals surface area contributed by atoms with Gasteiger partial charge in [0.25, 0.3) is 0 Å². The van der Waals surface area contributed by atoms with Crippen LogP contribution in [0, 0.1) is 0 Å². The van der Waals surface area contributed by atoms with Gasteiger partial charge in [0.15, 0.2) is 0 Å². The fourth-order valence-corrected chi connectivity index (χ4v) is 2.06. The Morgan fingerprint density at radius 2 is 2.00 bits per heavy atom. The minimum absolute atomic E-state index is 0.815. The van der Waals surface area contributed by atoms with E-state index < -0.39 is 0 Å². The number of nitrogens with zero attached hydrogens (tertiary/aromatic N) is 2. The topological polar surface area (TPSA) is 59.1 Å². The van der Waals surface area contributed by atoms with Crippen molar-refractivity contribution in [1.82, 2.24) is 9.97 Å². The van der Waals surface area contributed by atoms with E-state index in [0.717, 1.165) is 41.5 Å². The number of hydrogen-bond donors (Lipinski definition) is 2. The molecule has 0 radical (unpaired) electrons. The summed E-state index contributed by atoms with van der Waals surface area (Å²) in [6, 6.07) is 7.79. The minimum atomic E-state index is 0.815. The number of rotatable bonds is 6. The highest BCUT2D eigenvalue weighted by molar-refractivity contribution is 5.65. The maximum Gasteiger partial charge on any atom is 0.139 e. The lowest BCUT2D eigenvalue weighted by Gasteiger charge is -2.14. The highest BCUT2D eigenvalue weighted by Crippen LogP contribution is 2.26. The number of benzene rings is 1. The van der Waals surface area contributed by atoms with E-state index >= 15 is 0 Å². The highest BCUT2D eigenvalue weighted by Gasteiger charge is 2.10. The number of aromatic nitrogens is 2. The molecule has 2 aromatic rings. The quantitative estimate of drug-likeness (QED) is 0.845. The van der Waals surface area contributed by atoms with Gasteiger partial charge in [0.2, 0.25) is 0 Å². The lowest BCUT2D eigenvalue weighted by Crippen LogP contribution is -2.05. The number of anilines is 3. The molecule has 5 heteroatoms. The zero-order valence-corrected chi connectivity index (χ0v) is 12.1. The normalized spacial score (nSPS) is 10.2. The van der Waals surface area contributed by atoms with Crippen LogP contribution in [0.4, 0.5) is 17.3 Å². The smallest absolute Gasteiger partial charge is 0.139 e. The average Bonchev–Trinajstić information content (AvgIpc) is 2.49. The van der Waals surface area contributed by atoms with Gasteiger partial charge in [-0.2, -0.15) is 0 Å². The Labute approximate surface area is 119 Å². The van der Waals surface area contributed by atoms with Crippen molar-refractivity contribution in [3.8, 4) is 5.75 Å². The molecule has 106 valence electrons. The highest BCUT2D eigenvalue weighted by atomic mass is 16.5. The van der Waals surface area contributed by atoms with E-state index in [4.69, 9.17) is 4.74 Å². The molecule has 20 heavy (non-hydrogen) atoms. The largest absolute Gasteiger partial charge is 0.497 e. The summed E-state index contributed by atoms with van der Waals surface area (Å²) in [7, 11) is 3.53. The van der Waals surface area contributed by atoms with Crippen LogP contribution >= 0.6 is 0 Å². The third-order valence-electron chi connectivity index (χ3n) is 3.01. The van der Waals surface area contributed by atoms with E-state index in [9.17, 15) is 0 Å². The van der Waals surface area contributed by atoms with Gasteiger partial charge >= 0.3 is 0 Å². The number of methoxy groups -OCH3 is 1. The van der Waals surface area contributed by atoms with Crippen molar-refractivity contribution in [2.75, 3.05) is 24.8 Å². The molecule has 0 fully saturated rings. The Bertz CT molecular complexity index is 572. The number of hydrogen-bond acceptors (Lipinski definition) is 5. The van der Waals surface area contributed by atoms with Crippen LogP contribution in [-0.2, 0) is 6.42 Å². The van der Waals surface area contributed by atoms with Gasteiger partial charge in [-0.1, -0.05) is 19.4 Å². The molecule has 2 N–H and O–H groups in total. The SMILES string of the molecule is CCCc1c(NC)ncnc1Nc1cccc(OC)c1. The molecule has 0 unspecified atom stereocenters. The summed E-state index contributed by atoms with van der Waals surface area (Å²) in [5, 5.41) is 6.45. The second-order valence-electron chi connectivity index (χ2n) is 4.41. The zero-order valence-electron chi connectivity index (χ0n) is 12.1. The number of nitrogens with one attached hydrogen (secondary N) is 2. The van der Waals surface area contributed by atoms with E-state index in [1.807, 2.05) is 31.3 Å². The van der Waals surface area contributed by atoms with Gasteiger partial charge in [0.05, 0.1) is 7.11 Å². The molecule has 0 saturated heterocycles. The lowest BCUT2D eigenvalue weighted by atomic mass is 10.1. The molecule has 1 aromatic heterocycles. The molecule has 1 heterocycles. The van der Waals surface area contributed by atoms with E-state index in [2.05, 4.69) is 27.5 Å². The van der Waals surface area contributed by atoms with Crippen LogP contribution in [0.15, 0.2) is 30.6 Å². The van der Waals surface area contributed by atoms with E-state index in [0.29, 0.717) is 0 Å². The van der Waals surface area contributed by atoms with Crippen molar-refractivity contribution in [3.05, 3.63) is 36.2 Å². The van der Waals surface area contributed by atoms with Crippen LogP contribution in [0.1, 0.15) is 18.9 Å². The summed E-state index contributed by atoms with van der Waals surface area (Å²) in [5.74, 6) is 2.52. The van der Waals surface area contributed by atoms with Gasteiger partial charge in [-0.15, -0.1) is 0 Å². The molecule has 0 aliphatic heterocycles.